The van der Waals surface area contributed by atoms with Gasteiger partial charge in [0.2, 0.25) is 0 Å². The number of hydrogen-bond donors (Lipinski definition) is 0. The van der Waals surface area contributed by atoms with Crippen LogP contribution in [-0.4, -0.2) is 0 Å². The van der Waals surface area contributed by atoms with Crippen molar-refractivity contribution in [2.75, 3.05) is 0 Å². The zero-order chi connectivity index (χ0) is 32.9. The maximum Gasteiger partial charge on any atom is -0.0134 e. The molecule has 0 atom stereocenters. The fourth-order valence-electron chi connectivity index (χ4n) is 4.72. The molecule has 47 heavy (non-hydrogen) atoms. The summed E-state index contributed by atoms with van der Waals surface area (Å²) >= 11 is 4.72. The molecule has 0 unspecified atom stereocenters. The molecule has 7 aromatic carbocycles. The van der Waals surface area contributed by atoms with Gasteiger partial charge in [0.1, 0.15) is 0 Å². The van der Waals surface area contributed by atoms with Crippen LogP contribution in [0, 0.1) is 11.9 Å². The van der Waals surface area contributed by atoms with Crippen molar-refractivity contribution >= 4 is 67.2 Å². The van der Waals surface area contributed by atoms with Crippen LogP contribution in [0.3, 0.4) is 0 Å². The van der Waals surface area contributed by atoms with Gasteiger partial charge in [-0.25, -0.2) is 4.39 Å². The van der Waals surface area contributed by atoms with Crippen LogP contribution < -0.4 is 31.8 Å². The second kappa shape index (κ2) is 21.6. The van der Waals surface area contributed by atoms with E-state index in [0.29, 0.717) is 0 Å². The summed E-state index contributed by atoms with van der Waals surface area (Å²) in [6.07, 6.45) is 0. The van der Waals surface area contributed by atoms with Gasteiger partial charge in [-0.1, -0.05) is 182 Å². The second-order valence-electron chi connectivity index (χ2n) is 9.90. The van der Waals surface area contributed by atoms with Crippen molar-refractivity contribution in [3.05, 3.63) is 218 Å². The van der Waals surface area contributed by atoms with Gasteiger partial charge in [0.15, 0.2) is 0 Å². The number of halogens is 2. The summed E-state index contributed by atoms with van der Waals surface area (Å²) < 4.78 is 11.9. The first kappa shape index (κ1) is 36.6. The maximum absolute atomic E-state index is 11.9. The van der Waals surface area contributed by atoms with Gasteiger partial charge in [-0.15, -0.1) is 12.1 Å². The second-order valence-corrected chi connectivity index (χ2v) is 14.3. The standard InChI is InChI=1S/2C18H15P.C6H4F.HI.Pd/c2*1-4-10-16(11-5-1)19(17-12-6-2-7-13-17)18-14-8-3-9-15-18;7-6-4-2-1-3-5-6;;/h2*1-15H;2-5H;1H;/q;;-1;;+2/p-1. The predicted octanol–water partition coefficient (Wildman–Crippen LogP) is 9.40. The molecule has 0 heterocycles. The van der Waals surface area contributed by atoms with Gasteiger partial charge in [0, 0.05) is 5.82 Å². The number of benzene rings is 7. The number of hydrogen-bond acceptors (Lipinski definition) is 0. The summed E-state index contributed by atoms with van der Waals surface area (Å²) in [4.78, 5) is 0. The first-order valence-electron chi connectivity index (χ1n) is 14.9. The smallest absolute Gasteiger partial charge is 0.0134 e. The molecule has 0 fully saturated rings. The minimum absolute atomic E-state index is 0.209. The summed E-state index contributed by atoms with van der Waals surface area (Å²) in [5.41, 5.74) is 0. The van der Waals surface area contributed by atoms with Crippen LogP contribution in [0.5, 0.6) is 0 Å². The molecule has 0 aliphatic heterocycles. The Bertz CT molecular complexity index is 1480. The van der Waals surface area contributed by atoms with Crippen LogP contribution in [0.2, 0.25) is 0 Å². The van der Waals surface area contributed by atoms with E-state index in [1.54, 1.807) is 0 Å². The van der Waals surface area contributed by atoms with Crippen molar-refractivity contribution in [1.29, 1.82) is 0 Å². The molecule has 0 N–H and O–H groups in total. The molecule has 0 saturated carbocycles. The Morgan fingerprint density at radius 1 is 0.340 bits per heavy atom. The summed E-state index contributed by atoms with van der Waals surface area (Å²) in [6.45, 7) is 0. The van der Waals surface area contributed by atoms with Gasteiger partial charge >= 0.3 is 35.1 Å². The maximum atomic E-state index is 11.9. The van der Waals surface area contributed by atoms with Crippen LogP contribution >= 0.6 is 35.4 Å². The van der Waals surface area contributed by atoms with Crippen LogP contribution in [0.25, 0.3) is 0 Å². The summed E-state index contributed by atoms with van der Waals surface area (Å²) in [6, 6.07) is 73.1. The molecule has 236 valence electrons. The van der Waals surface area contributed by atoms with E-state index in [4.69, 9.17) is 0 Å². The third-order valence-electron chi connectivity index (χ3n) is 6.76. The van der Waals surface area contributed by atoms with Gasteiger partial charge in [-0.3, -0.25) is 0 Å². The molecule has 5 heteroatoms. The Hall–Kier alpha value is -3.28. The van der Waals surface area contributed by atoms with Crippen molar-refractivity contribution in [2.24, 2.45) is 0 Å². The Morgan fingerprint density at radius 2 is 0.532 bits per heavy atom. The molecule has 7 rings (SSSR count). The fourth-order valence-corrected chi connectivity index (χ4v) is 9.33. The Balaban J connectivity index is 0.000000170. The Kier molecular flexibility index (Phi) is 16.8. The first-order chi connectivity index (χ1) is 23.3. The predicted molar refractivity (Wildman–Crippen MR) is 210 cm³/mol. The molecule has 0 aliphatic rings. The molecular weight excluding hydrogens is 819 g/mol. The zero-order valence-corrected chi connectivity index (χ0v) is 31.1. The average Bonchev–Trinajstić information content (AvgIpc) is 3.16. The number of rotatable bonds is 6. The van der Waals surface area contributed by atoms with E-state index in [1.165, 1.54) is 56.1 Å². The van der Waals surface area contributed by atoms with Gasteiger partial charge in [0.05, 0.1) is 0 Å². The van der Waals surface area contributed by atoms with Crippen molar-refractivity contribution < 1.29 is 20.0 Å². The van der Waals surface area contributed by atoms with E-state index < -0.39 is 15.8 Å². The summed E-state index contributed by atoms with van der Waals surface area (Å²) in [7, 11) is -0.892. The quantitative estimate of drug-likeness (QED) is 0.0678. The molecule has 0 saturated heterocycles. The van der Waals surface area contributed by atoms with Gasteiger partial charge < -0.3 is 0 Å². The van der Waals surface area contributed by atoms with E-state index in [0.717, 1.165) is 0 Å². The SMILES string of the molecule is Fc1cc[c-]cc1.[Pd+][I].c1ccc(P(c2ccccc2)c2ccccc2)cc1.c1ccc(P(c2ccccc2)c2ccccc2)cc1. The van der Waals surface area contributed by atoms with Crippen LogP contribution in [-0.2, 0) is 15.6 Å². The summed E-state index contributed by atoms with van der Waals surface area (Å²) in [5.74, 6) is -0.209. The van der Waals surface area contributed by atoms with E-state index in [-0.39, 0.29) is 5.82 Å². The third kappa shape index (κ3) is 12.0. The Labute approximate surface area is 303 Å². The Morgan fingerprint density at radius 3 is 0.681 bits per heavy atom. The monoisotopic (exact) mass is 852 g/mol. The van der Waals surface area contributed by atoms with Crippen LogP contribution in [0.4, 0.5) is 4.39 Å². The molecule has 0 aliphatic carbocycles. The fraction of sp³-hybridized carbons (Fsp3) is 0. The molecule has 0 radical (unpaired) electrons. The zero-order valence-electron chi connectivity index (χ0n) is 25.6. The average molecular weight is 853 g/mol. The molecule has 0 nitrogen and oxygen atoms in total. The molecule has 0 aromatic heterocycles. The third-order valence-corrected chi connectivity index (χ3v) is 11.7. The van der Waals surface area contributed by atoms with Crippen molar-refractivity contribution in [1.82, 2.24) is 0 Å². The van der Waals surface area contributed by atoms with E-state index in [9.17, 15) is 4.39 Å². The van der Waals surface area contributed by atoms with Crippen LogP contribution in [0.1, 0.15) is 0 Å². The molecule has 0 bridgehead atoms. The van der Waals surface area contributed by atoms with Gasteiger partial charge in [-0.05, 0) is 47.7 Å². The van der Waals surface area contributed by atoms with E-state index in [2.05, 4.69) is 204 Å². The molecule has 0 spiro atoms. The van der Waals surface area contributed by atoms with E-state index >= 15 is 0 Å². The summed E-state index contributed by atoms with van der Waals surface area (Å²) in [5, 5.41) is 8.39. The molecule has 0 amide bonds. The largest absolute Gasteiger partial charge is 0.0622 e. The normalized spacial score (nSPS) is 10.0. The topological polar surface area (TPSA) is 0 Å². The van der Waals surface area contributed by atoms with Crippen LogP contribution in [0.15, 0.2) is 206 Å². The van der Waals surface area contributed by atoms with Crippen molar-refractivity contribution in [3.8, 4) is 0 Å². The molecule has 7 aromatic rings. The minimum atomic E-state index is -0.446. The van der Waals surface area contributed by atoms with Gasteiger partial charge in [0.25, 0.3) is 0 Å². The van der Waals surface area contributed by atoms with Crippen molar-refractivity contribution in [3.63, 3.8) is 0 Å². The van der Waals surface area contributed by atoms with Crippen molar-refractivity contribution in [2.45, 2.75) is 0 Å². The minimum Gasteiger partial charge on any atom is -0.0622 e. The van der Waals surface area contributed by atoms with E-state index in [1.807, 2.05) is 19.5 Å². The van der Waals surface area contributed by atoms with Gasteiger partial charge in [-0.2, -0.15) is 18.2 Å². The molecular formula is C42H34FIP2Pd. The first-order valence-corrected chi connectivity index (χ1v) is 22.2.